The molecule has 2 atom stereocenters. The lowest BCUT2D eigenvalue weighted by Gasteiger charge is -2.31. The van der Waals surface area contributed by atoms with Gasteiger partial charge in [0.05, 0.1) is 6.61 Å². The van der Waals surface area contributed by atoms with Gasteiger partial charge in [-0.3, -0.25) is 4.79 Å². The zero-order valence-corrected chi connectivity index (χ0v) is 10.9. The van der Waals surface area contributed by atoms with Crippen molar-refractivity contribution in [2.75, 3.05) is 19.7 Å². The summed E-state index contributed by atoms with van der Waals surface area (Å²) < 4.78 is 4.89. The summed E-state index contributed by atoms with van der Waals surface area (Å²) >= 11 is 0. The molecule has 1 aliphatic rings. The fourth-order valence-corrected chi connectivity index (χ4v) is 2.51. The Kier molecular flexibility index (Phi) is 7.21. The average Bonchev–Trinajstić information content (AvgIpc) is 2.35. The van der Waals surface area contributed by atoms with Crippen LogP contribution in [0.2, 0.25) is 0 Å². The van der Waals surface area contributed by atoms with Gasteiger partial charge in [-0.2, -0.15) is 0 Å². The van der Waals surface area contributed by atoms with Crippen molar-refractivity contribution >= 4 is 5.97 Å². The van der Waals surface area contributed by atoms with Crippen LogP contribution in [0.25, 0.3) is 0 Å². The van der Waals surface area contributed by atoms with Crippen LogP contribution in [-0.2, 0) is 9.53 Å². The molecule has 1 fully saturated rings. The molecule has 4 heteroatoms. The average molecular weight is 242 g/mol. The number of nitrogens with one attached hydrogen (secondary N) is 1. The summed E-state index contributed by atoms with van der Waals surface area (Å²) in [4.78, 5) is 11.1. The fourth-order valence-electron chi connectivity index (χ4n) is 2.51. The van der Waals surface area contributed by atoms with Crippen molar-refractivity contribution in [3.8, 4) is 0 Å². The monoisotopic (exact) mass is 242 g/mol. The first kappa shape index (κ1) is 14.5. The molecule has 17 heavy (non-hydrogen) atoms. The number of carbonyl (C=O) groups excluding carboxylic acids is 1. The van der Waals surface area contributed by atoms with E-state index in [0.29, 0.717) is 25.0 Å². The Bertz CT molecular complexity index is 221. The summed E-state index contributed by atoms with van der Waals surface area (Å²) in [5, 5.41) is 3.53. The molecule has 0 aromatic rings. The van der Waals surface area contributed by atoms with Gasteiger partial charge in [-0.25, -0.2) is 0 Å². The fraction of sp³-hybridized carbons (Fsp3) is 0.923. The maximum atomic E-state index is 11.1. The number of hydrogen-bond acceptors (Lipinski definition) is 4. The molecule has 2 unspecified atom stereocenters. The van der Waals surface area contributed by atoms with E-state index in [4.69, 9.17) is 10.5 Å². The number of ether oxygens (including phenoxy) is 1. The normalized spacial score (nSPS) is 24.6. The van der Waals surface area contributed by atoms with Crippen molar-refractivity contribution in [1.29, 1.82) is 0 Å². The molecule has 0 bridgehead atoms. The van der Waals surface area contributed by atoms with Gasteiger partial charge in [0, 0.05) is 12.5 Å². The number of hydrogen-bond donors (Lipinski definition) is 2. The molecule has 0 aromatic carbocycles. The molecule has 1 rings (SSSR count). The molecule has 0 amide bonds. The lowest BCUT2D eigenvalue weighted by molar-refractivity contribution is -0.143. The number of rotatable bonds is 7. The van der Waals surface area contributed by atoms with E-state index >= 15 is 0 Å². The Labute approximate surface area is 104 Å². The van der Waals surface area contributed by atoms with Crippen molar-refractivity contribution in [1.82, 2.24) is 5.32 Å². The first-order valence-electron chi connectivity index (χ1n) is 6.87. The van der Waals surface area contributed by atoms with E-state index in [0.717, 1.165) is 19.5 Å². The Morgan fingerprint density at radius 1 is 1.41 bits per heavy atom. The molecule has 0 saturated heterocycles. The van der Waals surface area contributed by atoms with Gasteiger partial charge in [-0.05, 0) is 45.2 Å². The third kappa shape index (κ3) is 5.50. The standard InChI is InChI=1S/C13H26N2O2/c1-2-17-13(16)8-5-9-15-12-7-4-3-6-11(12)10-14/h11-12,15H,2-10,14H2,1H3. The van der Waals surface area contributed by atoms with Gasteiger partial charge in [0.1, 0.15) is 0 Å². The first-order chi connectivity index (χ1) is 8.27. The second-order valence-electron chi connectivity index (χ2n) is 4.75. The van der Waals surface area contributed by atoms with Crippen molar-refractivity contribution in [3.63, 3.8) is 0 Å². The van der Waals surface area contributed by atoms with E-state index in [1.54, 1.807) is 0 Å². The van der Waals surface area contributed by atoms with Crippen molar-refractivity contribution in [3.05, 3.63) is 0 Å². The van der Waals surface area contributed by atoms with Gasteiger partial charge in [0.15, 0.2) is 0 Å². The quantitative estimate of drug-likeness (QED) is 0.524. The summed E-state index contributed by atoms with van der Waals surface area (Å²) in [6.45, 7) is 3.98. The van der Waals surface area contributed by atoms with Crippen LogP contribution in [-0.4, -0.2) is 31.7 Å². The Morgan fingerprint density at radius 3 is 2.88 bits per heavy atom. The molecule has 3 N–H and O–H groups in total. The summed E-state index contributed by atoms with van der Waals surface area (Å²) in [6, 6.07) is 0.552. The van der Waals surface area contributed by atoms with Crippen molar-refractivity contribution in [2.45, 2.75) is 51.5 Å². The van der Waals surface area contributed by atoms with Crippen LogP contribution in [0, 0.1) is 5.92 Å². The van der Waals surface area contributed by atoms with Gasteiger partial charge in [0.25, 0.3) is 0 Å². The smallest absolute Gasteiger partial charge is 0.305 e. The Morgan fingerprint density at radius 2 is 2.18 bits per heavy atom. The predicted octanol–water partition coefficient (Wildman–Crippen LogP) is 1.44. The largest absolute Gasteiger partial charge is 0.466 e. The highest BCUT2D eigenvalue weighted by Gasteiger charge is 2.22. The van der Waals surface area contributed by atoms with Gasteiger partial charge in [-0.15, -0.1) is 0 Å². The molecular weight excluding hydrogens is 216 g/mol. The summed E-state index contributed by atoms with van der Waals surface area (Å²) in [5.41, 5.74) is 5.77. The number of esters is 1. The minimum absolute atomic E-state index is 0.0895. The second-order valence-corrected chi connectivity index (χ2v) is 4.75. The maximum Gasteiger partial charge on any atom is 0.305 e. The third-order valence-corrected chi connectivity index (χ3v) is 3.48. The lowest BCUT2D eigenvalue weighted by Crippen LogP contribution is -2.42. The van der Waals surface area contributed by atoms with E-state index in [-0.39, 0.29) is 5.97 Å². The van der Waals surface area contributed by atoms with E-state index in [1.807, 2.05) is 6.92 Å². The van der Waals surface area contributed by atoms with Crippen LogP contribution in [0.3, 0.4) is 0 Å². The summed E-state index contributed by atoms with van der Waals surface area (Å²) in [5.74, 6) is 0.527. The molecule has 1 saturated carbocycles. The number of carbonyl (C=O) groups is 1. The van der Waals surface area contributed by atoms with Crippen LogP contribution in [0.4, 0.5) is 0 Å². The number of nitrogens with two attached hydrogens (primary N) is 1. The van der Waals surface area contributed by atoms with Crippen molar-refractivity contribution in [2.24, 2.45) is 11.7 Å². The van der Waals surface area contributed by atoms with E-state index < -0.39 is 0 Å². The molecule has 1 aliphatic carbocycles. The highest BCUT2D eigenvalue weighted by molar-refractivity contribution is 5.69. The minimum atomic E-state index is -0.0895. The molecule has 100 valence electrons. The molecule has 0 heterocycles. The van der Waals surface area contributed by atoms with E-state index in [2.05, 4.69) is 5.32 Å². The van der Waals surface area contributed by atoms with Gasteiger partial charge < -0.3 is 15.8 Å². The highest BCUT2D eigenvalue weighted by Crippen LogP contribution is 2.23. The second kappa shape index (κ2) is 8.48. The Balaban J connectivity index is 2.10. The molecule has 0 aliphatic heterocycles. The highest BCUT2D eigenvalue weighted by atomic mass is 16.5. The first-order valence-corrected chi connectivity index (χ1v) is 6.87. The SMILES string of the molecule is CCOC(=O)CCCNC1CCCCC1CN. The van der Waals surface area contributed by atoms with Crippen LogP contribution in [0.1, 0.15) is 45.4 Å². The molecule has 4 nitrogen and oxygen atoms in total. The Hall–Kier alpha value is -0.610. The molecule has 0 spiro atoms. The van der Waals surface area contributed by atoms with E-state index in [1.165, 1.54) is 25.7 Å². The molecular formula is C13H26N2O2. The van der Waals surface area contributed by atoms with Crippen LogP contribution < -0.4 is 11.1 Å². The zero-order chi connectivity index (χ0) is 12.5. The van der Waals surface area contributed by atoms with Gasteiger partial charge in [0.2, 0.25) is 0 Å². The minimum Gasteiger partial charge on any atom is -0.466 e. The van der Waals surface area contributed by atoms with Crippen LogP contribution in [0.15, 0.2) is 0 Å². The van der Waals surface area contributed by atoms with Crippen molar-refractivity contribution < 1.29 is 9.53 Å². The topological polar surface area (TPSA) is 64.3 Å². The summed E-state index contributed by atoms with van der Waals surface area (Å²) in [7, 11) is 0. The maximum absolute atomic E-state index is 11.1. The zero-order valence-electron chi connectivity index (χ0n) is 10.9. The third-order valence-electron chi connectivity index (χ3n) is 3.48. The van der Waals surface area contributed by atoms with Gasteiger partial charge in [-0.1, -0.05) is 12.8 Å². The molecule has 0 radical (unpaired) electrons. The predicted molar refractivity (Wildman–Crippen MR) is 68.7 cm³/mol. The summed E-state index contributed by atoms with van der Waals surface area (Å²) in [6.07, 6.45) is 6.44. The van der Waals surface area contributed by atoms with Crippen LogP contribution >= 0.6 is 0 Å². The lowest BCUT2D eigenvalue weighted by atomic mass is 9.84. The van der Waals surface area contributed by atoms with Gasteiger partial charge >= 0.3 is 5.97 Å². The van der Waals surface area contributed by atoms with E-state index in [9.17, 15) is 4.79 Å². The molecule has 0 aromatic heterocycles. The van der Waals surface area contributed by atoms with Crippen LogP contribution in [0.5, 0.6) is 0 Å².